The Balaban J connectivity index is 2.18. The Hall–Kier alpha value is -0.420. The fourth-order valence-corrected chi connectivity index (χ4v) is 3.19. The van der Waals surface area contributed by atoms with Crippen molar-refractivity contribution >= 4 is 38.9 Å². The van der Waals surface area contributed by atoms with Gasteiger partial charge in [0.25, 0.3) is 0 Å². The van der Waals surface area contributed by atoms with E-state index in [2.05, 4.69) is 20.9 Å². The van der Waals surface area contributed by atoms with Crippen LogP contribution in [0.1, 0.15) is 16.7 Å². The SMILES string of the molecule is OC(Cc1sccc1Br)c1ncccc1Cl. The van der Waals surface area contributed by atoms with E-state index in [9.17, 15) is 5.11 Å². The van der Waals surface area contributed by atoms with Crippen molar-refractivity contribution in [3.8, 4) is 0 Å². The summed E-state index contributed by atoms with van der Waals surface area (Å²) in [6.07, 6.45) is 1.49. The van der Waals surface area contributed by atoms with Gasteiger partial charge in [-0.05, 0) is 39.5 Å². The molecule has 0 aliphatic heterocycles. The van der Waals surface area contributed by atoms with Crippen molar-refractivity contribution in [3.05, 3.63) is 49.8 Å². The van der Waals surface area contributed by atoms with Gasteiger partial charge in [0, 0.05) is 22.0 Å². The van der Waals surface area contributed by atoms with Gasteiger partial charge in [-0.1, -0.05) is 11.6 Å². The van der Waals surface area contributed by atoms with Crippen molar-refractivity contribution in [1.82, 2.24) is 4.98 Å². The number of halogens is 2. The van der Waals surface area contributed by atoms with E-state index < -0.39 is 6.10 Å². The van der Waals surface area contributed by atoms with Crippen molar-refractivity contribution in [2.24, 2.45) is 0 Å². The third-order valence-corrected chi connectivity index (χ3v) is 4.44. The number of thiophene rings is 1. The highest BCUT2D eigenvalue weighted by molar-refractivity contribution is 9.10. The minimum absolute atomic E-state index is 0.502. The Bertz CT molecular complexity index is 488. The van der Waals surface area contributed by atoms with Gasteiger partial charge in [0.1, 0.15) is 6.10 Å². The number of hydrogen-bond acceptors (Lipinski definition) is 3. The molecule has 0 amide bonds. The van der Waals surface area contributed by atoms with E-state index >= 15 is 0 Å². The summed E-state index contributed by atoms with van der Waals surface area (Å²) in [6.45, 7) is 0. The quantitative estimate of drug-likeness (QED) is 0.933. The molecule has 84 valence electrons. The minimum Gasteiger partial charge on any atom is -0.386 e. The number of nitrogens with zero attached hydrogens (tertiary/aromatic N) is 1. The van der Waals surface area contributed by atoms with Gasteiger partial charge in [-0.2, -0.15) is 0 Å². The summed E-state index contributed by atoms with van der Waals surface area (Å²) in [5, 5.41) is 12.5. The van der Waals surface area contributed by atoms with Gasteiger partial charge < -0.3 is 5.11 Å². The van der Waals surface area contributed by atoms with Gasteiger partial charge in [-0.3, -0.25) is 4.98 Å². The number of rotatable bonds is 3. The van der Waals surface area contributed by atoms with Crippen molar-refractivity contribution in [2.45, 2.75) is 12.5 Å². The normalized spacial score (nSPS) is 12.7. The van der Waals surface area contributed by atoms with Crippen LogP contribution in [0.4, 0.5) is 0 Å². The Kier molecular flexibility index (Phi) is 3.97. The lowest BCUT2D eigenvalue weighted by Gasteiger charge is -2.10. The summed E-state index contributed by atoms with van der Waals surface area (Å²) in [5.74, 6) is 0. The predicted octanol–water partition coefficient (Wildman–Crippen LogP) is 3.84. The molecule has 0 spiro atoms. The molecule has 1 N–H and O–H groups in total. The maximum Gasteiger partial charge on any atom is 0.102 e. The largest absolute Gasteiger partial charge is 0.386 e. The van der Waals surface area contributed by atoms with E-state index in [1.54, 1.807) is 29.7 Å². The second-order valence-electron chi connectivity index (χ2n) is 3.28. The van der Waals surface area contributed by atoms with Crippen LogP contribution in [-0.2, 0) is 6.42 Å². The number of pyridine rings is 1. The molecule has 2 rings (SSSR count). The van der Waals surface area contributed by atoms with Crippen molar-refractivity contribution in [2.75, 3.05) is 0 Å². The third-order valence-electron chi connectivity index (χ3n) is 2.17. The summed E-state index contributed by atoms with van der Waals surface area (Å²) in [4.78, 5) is 5.19. The molecule has 0 radical (unpaired) electrons. The molecule has 2 nitrogen and oxygen atoms in total. The van der Waals surface area contributed by atoms with E-state index in [-0.39, 0.29) is 0 Å². The van der Waals surface area contributed by atoms with Crippen LogP contribution in [0.3, 0.4) is 0 Å². The molecule has 0 aliphatic rings. The highest BCUT2D eigenvalue weighted by Gasteiger charge is 2.15. The smallest absolute Gasteiger partial charge is 0.102 e. The van der Waals surface area contributed by atoms with Crippen molar-refractivity contribution < 1.29 is 5.11 Å². The molecule has 0 bridgehead atoms. The third kappa shape index (κ3) is 2.63. The highest BCUT2D eigenvalue weighted by atomic mass is 79.9. The molecular formula is C11H9BrClNOS. The van der Waals surface area contributed by atoms with E-state index in [0.29, 0.717) is 17.1 Å². The molecule has 5 heteroatoms. The Labute approximate surface area is 111 Å². The summed E-state index contributed by atoms with van der Waals surface area (Å²) in [5.41, 5.74) is 0.532. The zero-order chi connectivity index (χ0) is 11.5. The van der Waals surface area contributed by atoms with E-state index in [0.717, 1.165) is 9.35 Å². The first-order chi connectivity index (χ1) is 7.68. The van der Waals surface area contributed by atoms with Gasteiger partial charge in [-0.25, -0.2) is 0 Å². The lowest BCUT2D eigenvalue weighted by atomic mass is 10.1. The summed E-state index contributed by atoms with van der Waals surface area (Å²) < 4.78 is 1.02. The molecule has 1 unspecified atom stereocenters. The lowest BCUT2D eigenvalue weighted by molar-refractivity contribution is 0.174. The van der Waals surface area contributed by atoms with Crippen LogP contribution >= 0.6 is 38.9 Å². The predicted molar refractivity (Wildman–Crippen MR) is 69.9 cm³/mol. The van der Waals surface area contributed by atoms with Crippen LogP contribution in [0.2, 0.25) is 5.02 Å². The van der Waals surface area contributed by atoms with E-state index in [1.165, 1.54) is 0 Å². The summed E-state index contributed by atoms with van der Waals surface area (Å²) in [7, 11) is 0. The molecule has 1 atom stereocenters. The molecule has 0 saturated heterocycles. The number of aromatic nitrogens is 1. The molecule has 2 aromatic heterocycles. The maximum atomic E-state index is 10.0. The van der Waals surface area contributed by atoms with Crippen LogP contribution in [0.15, 0.2) is 34.2 Å². The topological polar surface area (TPSA) is 33.1 Å². The fraction of sp³-hybridized carbons (Fsp3) is 0.182. The maximum absolute atomic E-state index is 10.0. The average molecular weight is 319 g/mol. The molecule has 2 heterocycles. The highest BCUT2D eigenvalue weighted by Crippen LogP contribution is 2.29. The van der Waals surface area contributed by atoms with Gasteiger partial charge in [-0.15, -0.1) is 11.3 Å². The Morgan fingerprint density at radius 1 is 1.50 bits per heavy atom. The van der Waals surface area contributed by atoms with Crippen LogP contribution in [0, 0.1) is 0 Å². The second kappa shape index (κ2) is 5.27. The lowest BCUT2D eigenvalue weighted by Crippen LogP contribution is -2.04. The molecule has 0 fully saturated rings. The second-order valence-corrected chi connectivity index (χ2v) is 5.54. The fourth-order valence-electron chi connectivity index (χ4n) is 1.39. The standard InChI is InChI=1S/C11H9BrClNOS/c12-7-3-5-16-10(7)6-9(15)11-8(13)2-1-4-14-11/h1-5,9,15H,6H2. The van der Waals surface area contributed by atoms with Crippen LogP contribution in [-0.4, -0.2) is 10.1 Å². The van der Waals surface area contributed by atoms with E-state index in [1.807, 2.05) is 11.4 Å². The number of hydrogen-bond donors (Lipinski definition) is 1. The molecule has 2 aromatic rings. The monoisotopic (exact) mass is 317 g/mol. The van der Waals surface area contributed by atoms with Crippen LogP contribution in [0.5, 0.6) is 0 Å². The molecule has 16 heavy (non-hydrogen) atoms. The zero-order valence-corrected chi connectivity index (χ0v) is 11.4. The van der Waals surface area contributed by atoms with Gasteiger partial charge in [0.05, 0.1) is 10.7 Å². The summed E-state index contributed by atoms with van der Waals surface area (Å²) >= 11 is 11.0. The van der Waals surface area contributed by atoms with Crippen molar-refractivity contribution in [1.29, 1.82) is 0 Å². The van der Waals surface area contributed by atoms with Crippen LogP contribution in [0.25, 0.3) is 0 Å². The zero-order valence-electron chi connectivity index (χ0n) is 8.23. The summed E-state index contributed by atoms with van der Waals surface area (Å²) in [6, 6.07) is 5.45. The number of aliphatic hydroxyl groups is 1. The first-order valence-corrected chi connectivity index (χ1v) is 6.74. The Morgan fingerprint density at radius 3 is 2.94 bits per heavy atom. The molecule has 0 aromatic carbocycles. The first-order valence-electron chi connectivity index (χ1n) is 4.69. The van der Waals surface area contributed by atoms with Crippen LogP contribution < -0.4 is 0 Å². The van der Waals surface area contributed by atoms with Gasteiger partial charge in [0.15, 0.2) is 0 Å². The first kappa shape index (κ1) is 12.0. The molecule has 0 aliphatic carbocycles. The average Bonchev–Trinajstić information content (AvgIpc) is 2.65. The molecule has 0 saturated carbocycles. The van der Waals surface area contributed by atoms with Gasteiger partial charge >= 0.3 is 0 Å². The Morgan fingerprint density at radius 2 is 2.31 bits per heavy atom. The van der Waals surface area contributed by atoms with E-state index in [4.69, 9.17) is 11.6 Å². The van der Waals surface area contributed by atoms with Gasteiger partial charge in [0.2, 0.25) is 0 Å². The van der Waals surface area contributed by atoms with Crippen molar-refractivity contribution in [3.63, 3.8) is 0 Å². The molecular weight excluding hydrogens is 310 g/mol. The minimum atomic E-state index is -0.663. The number of aliphatic hydroxyl groups excluding tert-OH is 1.